The predicted molar refractivity (Wildman–Crippen MR) is 80.8 cm³/mol. The maximum atomic E-state index is 6.37. The first-order valence-electron chi connectivity index (χ1n) is 6.87. The van der Waals surface area contributed by atoms with Gasteiger partial charge in [0.25, 0.3) is 0 Å². The Morgan fingerprint density at radius 1 is 1.16 bits per heavy atom. The normalized spacial score (nSPS) is 18.5. The molecule has 1 N–H and O–H groups in total. The fraction of sp³-hybridized carbons (Fsp3) is 0.294. The number of nitrogens with one attached hydrogen (secondary N) is 1. The van der Waals surface area contributed by atoms with Crippen LogP contribution in [0, 0.1) is 0 Å². The fourth-order valence-electron chi connectivity index (χ4n) is 3.01. The van der Waals surface area contributed by atoms with Crippen LogP contribution in [0.1, 0.15) is 35.6 Å². The number of likely N-dealkylation sites (N-methyl/N-ethyl adjacent to an activating group) is 1. The molecule has 0 radical (unpaired) electrons. The second-order valence-corrected chi connectivity index (χ2v) is 5.47. The third-order valence-corrected chi connectivity index (χ3v) is 4.31. The van der Waals surface area contributed by atoms with Crippen LogP contribution in [0.4, 0.5) is 0 Å². The van der Waals surface area contributed by atoms with Crippen LogP contribution in [0.15, 0.2) is 48.5 Å². The highest BCUT2D eigenvalue weighted by Crippen LogP contribution is 2.44. The molecule has 2 unspecified atom stereocenters. The van der Waals surface area contributed by atoms with Crippen LogP contribution in [0.5, 0.6) is 0 Å². The van der Waals surface area contributed by atoms with Gasteiger partial charge in [-0.3, -0.25) is 0 Å². The van der Waals surface area contributed by atoms with Gasteiger partial charge in [-0.25, -0.2) is 0 Å². The van der Waals surface area contributed by atoms with Crippen molar-refractivity contribution in [1.29, 1.82) is 0 Å². The number of rotatable bonds is 4. The van der Waals surface area contributed by atoms with Crippen LogP contribution < -0.4 is 5.32 Å². The van der Waals surface area contributed by atoms with Crippen LogP contribution in [0.3, 0.4) is 0 Å². The van der Waals surface area contributed by atoms with Gasteiger partial charge in [0.15, 0.2) is 0 Å². The van der Waals surface area contributed by atoms with Crippen molar-refractivity contribution in [3.63, 3.8) is 0 Å². The lowest BCUT2D eigenvalue weighted by Crippen LogP contribution is -2.33. The van der Waals surface area contributed by atoms with Crippen molar-refractivity contribution in [2.45, 2.75) is 25.3 Å². The minimum absolute atomic E-state index is 0.314. The maximum absolute atomic E-state index is 6.37. The third-order valence-electron chi connectivity index (χ3n) is 3.96. The van der Waals surface area contributed by atoms with Crippen molar-refractivity contribution in [3.05, 3.63) is 70.2 Å². The van der Waals surface area contributed by atoms with Gasteiger partial charge in [-0.15, -0.1) is 0 Å². The Labute approximate surface area is 119 Å². The van der Waals surface area contributed by atoms with Gasteiger partial charge in [0.2, 0.25) is 0 Å². The Bertz CT molecular complexity index is 579. The Morgan fingerprint density at radius 2 is 1.89 bits per heavy atom. The highest BCUT2D eigenvalue weighted by Gasteiger charge is 2.33. The SMILES string of the molecule is CCNC(c1ccccc1Cl)C1Cc2ccccc21. The lowest BCUT2D eigenvalue weighted by atomic mass is 9.71. The molecule has 0 saturated carbocycles. The van der Waals surface area contributed by atoms with Gasteiger partial charge in [-0.2, -0.15) is 0 Å². The third kappa shape index (κ3) is 2.29. The topological polar surface area (TPSA) is 12.0 Å². The summed E-state index contributed by atoms with van der Waals surface area (Å²) in [5.74, 6) is 0.538. The van der Waals surface area contributed by atoms with Gasteiger partial charge in [0.1, 0.15) is 0 Å². The molecule has 1 aliphatic carbocycles. The van der Waals surface area contributed by atoms with Crippen LogP contribution >= 0.6 is 11.6 Å². The van der Waals surface area contributed by atoms with Gasteiger partial charge in [0, 0.05) is 17.0 Å². The molecular formula is C17H18ClN. The van der Waals surface area contributed by atoms with E-state index < -0.39 is 0 Å². The van der Waals surface area contributed by atoms with E-state index in [9.17, 15) is 0 Å². The van der Waals surface area contributed by atoms with E-state index in [0.717, 1.165) is 18.0 Å². The van der Waals surface area contributed by atoms with Crippen LogP contribution in [-0.4, -0.2) is 6.54 Å². The zero-order chi connectivity index (χ0) is 13.2. The Hall–Kier alpha value is -1.31. The molecule has 1 aliphatic rings. The molecule has 0 saturated heterocycles. The molecular weight excluding hydrogens is 254 g/mol. The molecule has 2 aromatic carbocycles. The van der Waals surface area contributed by atoms with Crippen molar-refractivity contribution >= 4 is 11.6 Å². The second-order valence-electron chi connectivity index (χ2n) is 5.07. The molecule has 3 rings (SSSR count). The first-order valence-corrected chi connectivity index (χ1v) is 7.24. The summed E-state index contributed by atoms with van der Waals surface area (Å²) in [6, 6.07) is 17.2. The number of hydrogen-bond donors (Lipinski definition) is 1. The van der Waals surface area contributed by atoms with Crippen molar-refractivity contribution in [3.8, 4) is 0 Å². The molecule has 2 heteroatoms. The summed E-state index contributed by atoms with van der Waals surface area (Å²) in [7, 11) is 0. The minimum atomic E-state index is 0.314. The molecule has 0 bridgehead atoms. The number of halogens is 1. The number of hydrogen-bond acceptors (Lipinski definition) is 1. The lowest BCUT2D eigenvalue weighted by Gasteiger charge is -2.37. The van der Waals surface area contributed by atoms with E-state index in [2.05, 4.69) is 48.6 Å². The van der Waals surface area contributed by atoms with E-state index in [-0.39, 0.29) is 0 Å². The predicted octanol–water partition coefficient (Wildman–Crippen LogP) is 4.33. The van der Waals surface area contributed by atoms with Crippen LogP contribution in [-0.2, 0) is 6.42 Å². The summed E-state index contributed by atoms with van der Waals surface area (Å²) in [5, 5.41) is 4.46. The zero-order valence-corrected chi connectivity index (χ0v) is 11.8. The lowest BCUT2D eigenvalue weighted by molar-refractivity contribution is 0.420. The summed E-state index contributed by atoms with van der Waals surface area (Å²) in [6.07, 6.45) is 1.14. The Kier molecular flexibility index (Phi) is 3.58. The molecule has 2 aromatic rings. The smallest absolute Gasteiger partial charge is 0.0454 e. The van der Waals surface area contributed by atoms with Crippen molar-refractivity contribution in [2.24, 2.45) is 0 Å². The quantitative estimate of drug-likeness (QED) is 0.873. The average molecular weight is 272 g/mol. The molecule has 0 heterocycles. The Balaban J connectivity index is 1.94. The van der Waals surface area contributed by atoms with E-state index in [1.165, 1.54) is 16.7 Å². The summed E-state index contributed by atoms with van der Waals surface area (Å²) in [4.78, 5) is 0. The first-order chi connectivity index (χ1) is 9.31. The fourth-order valence-corrected chi connectivity index (χ4v) is 3.26. The standard InChI is InChI=1S/C17H18ClN/c1-2-19-17(14-9-5-6-10-16(14)18)15-11-12-7-3-4-8-13(12)15/h3-10,15,17,19H,2,11H2,1H3. The molecule has 1 nitrogen and oxygen atoms in total. The highest BCUT2D eigenvalue weighted by atomic mass is 35.5. The van der Waals surface area contributed by atoms with Crippen molar-refractivity contribution in [1.82, 2.24) is 5.32 Å². The zero-order valence-electron chi connectivity index (χ0n) is 11.1. The van der Waals surface area contributed by atoms with Gasteiger partial charge >= 0.3 is 0 Å². The van der Waals surface area contributed by atoms with E-state index in [1.807, 2.05) is 12.1 Å². The minimum Gasteiger partial charge on any atom is -0.310 e. The second kappa shape index (κ2) is 5.36. The maximum Gasteiger partial charge on any atom is 0.0454 e. The molecule has 98 valence electrons. The summed E-state index contributed by atoms with van der Waals surface area (Å²) in [5.41, 5.74) is 4.15. The van der Waals surface area contributed by atoms with E-state index in [1.54, 1.807) is 0 Å². The van der Waals surface area contributed by atoms with Crippen LogP contribution in [0.25, 0.3) is 0 Å². The average Bonchev–Trinajstić information content (AvgIpc) is 2.40. The Morgan fingerprint density at radius 3 is 2.63 bits per heavy atom. The van der Waals surface area contributed by atoms with Gasteiger partial charge in [0.05, 0.1) is 0 Å². The number of fused-ring (bicyclic) bond motifs is 1. The van der Waals surface area contributed by atoms with Gasteiger partial charge in [-0.05, 0) is 35.7 Å². The highest BCUT2D eigenvalue weighted by molar-refractivity contribution is 6.31. The van der Waals surface area contributed by atoms with Gasteiger partial charge < -0.3 is 5.32 Å². The molecule has 0 amide bonds. The van der Waals surface area contributed by atoms with Crippen LogP contribution in [0.2, 0.25) is 5.02 Å². The molecule has 0 fully saturated rings. The van der Waals surface area contributed by atoms with E-state index in [4.69, 9.17) is 11.6 Å². The van der Waals surface area contributed by atoms with E-state index in [0.29, 0.717) is 12.0 Å². The molecule has 0 aromatic heterocycles. The molecule has 19 heavy (non-hydrogen) atoms. The summed E-state index contributed by atoms with van der Waals surface area (Å²) >= 11 is 6.37. The summed E-state index contributed by atoms with van der Waals surface area (Å²) < 4.78 is 0. The van der Waals surface area contributed by atoms with E-state index >= 15 is 0 Å². The molecule has 0 aliphatic heterocycles. The van der Waals surface area contributed by atoms with Crippen molar-refractivity contribution < 1.29 is 0 Å². The monoisotopic (exact) mass is 271 g/mol. The summed E-state index contributed by atoms with van der Waals surface area (Å²) in [6.45, 7) is 3.10. The first kappa shape index (κ1) is 12.7. The van der Waals surface area contributed by atoms with Crippen molar-refractivity contribution in [2.75, 3.05) is 6.54 Å². The largest absolute Gasteiger partial charge is 0.310 e. The number of benzene rings is 2. The molecule has 0 spiro atoms. The molecule has 2 atom stereocenters. The van der Waals surface area contributed by atoms with Gasteiger partial charge in [-0.1, -0.05) is 61.0 Å².